The number of rotatable bonds is 5. The molecule has 0 saturated heterocycles. The van der Waals surface area contributed by atoms with Crippen molar-refractivity contribution >= 4 is 0 Å². The second-order valence-electron chi connectivity index (χ2n) is 5.75. The lowest BCUT2D eigenvalue weighted by Crippen LogP contribution is -2.30. The number of nitrogens with one attached hydrogen (secondary N) is 1. The van der Waals surface area contributed by atoms with Crippen LogP contribution in [0.5, 0.6) is 0 Å². The van der Waals surface area contributed by atoms with Gasteiger partial charge >= 0.3 is 0 Å². The van der Waals surface area contributed by atoms with Crippen molar-refractivity contribution in [2.24, 2.45) is 0 Å². The molecule has 0 spiro atoms. The van der Waals surface area contributed by atoms with E-state index in [1.165, 1.54) is 27.8 Å². The van der Waals surface area contributed by atoms with E-state index in [9.17, 15) is 0 Å². The molecule has 2 aromatic rings. The van der Waals surface area contributed by atoms with Gasteiger partial charge < -0.3 is 5.32 Å². The molecule has 1 unspecified atom stereocenters. The molecule has 0 aliphatic rings. The molecular weight excluding hydrogens is 242 g/mol. The molecule has 0 radical (unpaired) electrons. The van der Waals surface area contributed by atoms with Gasteiger partial charge in [-0.25, -0.2) is 0 Å². The molecule has 0 saturated carbocycles. The van der Waals surface area contributed by atoms with E-state index < -0.39 is 0 Å². The summed E-state index contributed by atoms with van der Waals surface area (Å²) >= 11 is 0. The maximum atomic E-state index is 3.47. The molecule has 0 heterocycles. The normalized spacial score (nSPS) is 12.4. The average molecular weight is 267 g/mol. The first kappa shape index (κ1) is 14.8. The van der Waals surface area contributed by atoms with Crippen LogP contribution in [0.1, 0.15) is 27.8 Å². The van der Waals surface area contributed by atoms with Crippen LogP contribution in [0.2, 0.25) is 0 Å². The van der Waals surface area contributed by atoms with Crippen molar-refractivity contribution < 1.29 is 0 Å². The second-order valence-corrected chi connectivity index (χ2v) is 5.75. The van der Waals surface area contributed by atoms with Crippen LogP contribution in [0.3, 0.4) is 0 Å². The van der Waals surface area contributed by atoms with Crippen molar-refractivity contribution in [1.82, 2.24) is 5.32 Å². The van der Waals surface area contributed by atoms with E-state index in [0.29, 0.717) is 6.04 Å². The van der Waals surface area contributed by atoms with Crippen LogP contribution in [0.4, 0.5) is 0 Å². The highest BCUT2D eigenvalue weighted by Crippen LogP contribution is 2.17. The zero-order valence-electron chi connectivity index (χ0n) is 13.0. The third kappa shape index (κ3) is 3.71. The van der Waals surface area contributed by atoms with Crippen LogP contribution < -0.4 is 5.32 Å². The van der Waals surface area contributed by atoms with Gasteiger partial charge in [-0.3, -0.25) is 0 Å². The van der Waals surface area contributed by atoms with Crippen molar-refractivity contribution in [2.45, 2.75) is 39.7 Å². The summed E-state index contributed by atoms with van der Waals surface area (Å²) < 4.78 is 0. The van der Waals surface area contributed by atoms with E-state index in [-0.39, 0.29) is 0 Å². The van der Waals surface area contributed by atoms with E-state index in [4.69, 9.17) is 0 Å². The number of likely N-dealkylation sites (N-methyl/N-ethyl adjacent to an activating group) is 1. The van der Waals surface area contributed by atoms with Crippen LogP contribution in [0.15, 0.2) is 42.5 Å². The van der Waals surface area contributed by atoms with Gasteiger partial charge in [-0.1, -0.05) is 48.0 Å². The fraction of sp³-hybridized carbons (Fsp3) is 0.368. The highest BCUT2D eigenvalue weighted by atomic mass is 14.9. The molecular formula is C19H25N. The minimum atomic E-state index is 0.484. The van der Waals surface area contributed by atoms with Gasteiger partial charge in [0.25, 0.3) is 0 Å². The number of hydrogen-bond donors (Lipinski definition) is 1. The Balaban J connectivity index is 2.11. The Morgan fingerprint density at radius 1 is 0.850 bits per heavy atom. The molecule has 0 aromatic heterocycles. The van der Waals surface area contributed by atoms with E-state index in [0.717, 1.165) is 12.8 Å². The summed E-state index contributed by atoms with van der Waals surface area (Å²) in [5.41, 5.74) is 7.01. The van der Waals surface area contributed by atoms with Gasteiger partial charge in [0.15, 0.2) is 0 Å². The first-order valence-electron chi connectivity index (χ1n) is 7.38. The summed E-state index contributed by atoms with van der Waals surface area (Å²) in [6.45, 7) is 6.55. The van der Waals surface area contributed by atoms with E-state index in [1.807, 2.05) is 0 Å². The van der Waals surface area contributed by atoms with Gasteiger partial charge in [0.1, 0.15) is 0 Å². The zero-order valence-corrected chi connectivity index (χ0v) is 13.0. The first-order valence-corrected chi connectivity index (χ1v) is 7.38. The van der Waals surface area contributed by atoms with Gasteiger partial charge in [0.2, 0.25) is 0 Å². The fourth-order valence-electron chi connectivity index (χ4n) is 2.70. The lowest BCUT2D eigenvalue weighted by Gasteiger charge is -2.19. The Hall–Kier alpha value is -1.60. The smallest absolute Gasteiger partial charge is 0.0145 e. The van der Waals surface area contributed by atoms with Crippen molar-refractivity contribution in [2.75, 3.05) is 7.05 Å². The predicted molar refractivity (Wildman–Crippen MR) is 87.4 cm³/mol. The van der Waals surface area contributed by atoms with Gasteiger partial charge in [0.05, 0.1) is 0 Å². The van der Waals surface area contributed by atoms with Gasteiger partial charge in [0, 0.05) is 6.04 Å². The summed E-state index contributed by atoms with van der Waals surface area (Å²) in [6, 6.07) is 15.9. The molecule has 0 bridgehead atoms. The topological polar surface area (TPSA) is 12.0 Å². The van der Waals surface area contributed by atoms with Gasteiger partial charge in [-0.15, -0.1) is 0 Å². The standard InChI is InChI=1S/C19H25N/c1-14-8-10-17(11-9-14)12-18(20-4)13-19-15(2)6-5-7-16(19)3/h5-11,18,20H,12-13H2,1-4H3. The van der Waals surface area contributed by atoms with Crippen molar-refractivity contribution in [1.29, 1.82) is 0 Å². The summed E-state index contributed by atoms with van der Waals surface area (Å²) in [5, 5.41) is 3.47. The van der Waals surface area contributed by atoms with E-state index >= 15 is 0 Å². The molecule has 0 aliphatic heterocycles. The summed E-state index contributed by atoms with van der Waals surface area (Å²) in [4.78, 5) is 0. The Labute approximate surface area is 123 Å². The SMILES string of the molecule is CNC(Cc1ccc(C)cc1)Cc1c(C)cccc1C. The lowest BCUT2D eigenvalue weighted by molar-refractivity contribution is 0.554. The summed E-state index contributed by atoms with van der Waals surface area (Å²) in [5.74, 6) is 0. The fourth-order valence-corrected chi connectivity index (χ4v) is 2.70. The molecule has 1 heteroatoms. The average Bonchev–Trinajstić information content (AvgIpc) is 2.44. The summed E-state index contributed by atoms with van der Waals surface area (Å²) in [6.07, 6.45) is 2.16. The highest BCUT2D eigenvalue weighted by molar-refractivity contribution is 5.34. The minimum absolute atomic E-state index is 0.484. The second kappa shape index (κ2) is 6.71. The van der Waals surface area contributed by atoms with Crippen molar-refractivity contribution in [3.63, 3.8) is 0 Å². The monoisotopic (exact) mass is 267 g/mol. The van der Waals surface area contributed by atoms with Crippen LogP contribution in [-0.4, -0.2) is 13.1 Å². The number of benzene rings is 2. The molecule has 0 amide bonds. The van der Waals surface area contributed by atoms with Crippen LogP contribution in [0.25, 0.3) is 0 Å². The number of aryl methyl sites for hydroxylation is 3. The molecule has 1 atom stereocenters. The van der Waals surface area contributed by atoms with E-state index in [2.05, 4.69) is 75.6 Å². The van der Waals surface area contributed by atoms with Crippen LogP contribution in [-0.2, 0) is 12.8 Å². The predicted octanol–water partition coefficient (Wildman–Crippen LogP) is 3.99. The molecule has 2 rings (SSSR count). The minimum Gasteiger partial charge on any atom is -0.316 e. The molecule has 0 fully saturated rings. The molecule has 1 N–H and O–H groups in total. The number of hydrogen-bond acceptors (Lipinski definition) is 1. The molecule has 1 nitrogen and oxygen atoms in total. The van der Waals surface area contributed by atoms with Gasteiger partial charge in [-0.05, 0) is 62.9 Å². The maximum absolute atomic E-state index is 3.47. The van der Waals surface area contributed by atoms with Crippen molar-refractivity contribution in [3.8, 4) is 0 Å². The summed E-state index contributed by atoms with van der Waals surface area (Å²) in [7, 11) is 2.06. The zero-order chi connectivity index (χ0) is 14.5. The molecule has 2 aromatic carbocycles. The Morgan fingerprint density at radius 2 is 1.45 bits per heavy atom. The van der Waals surface area contributed by atoms with Gasteiger partial charge in [-0.2, -0.15) is 0 Å². The van der Waals surface area contributed by atoms with E-state index in [1.54, 1.807) is 0 Å². The Bertz CT molecular complexity index is 534. The largest absolute Gasteiger partial charge is 0.316 e. The van der Waals surface area contributed by atoms with Crippen LogP contribution in [0, 0.1) is 20.8 Å². The Kier molecular flexibility index (Phi) is 4.97. The molecule has 20 heavy (non-hydrogen) atoms. The molecule has 106 valence electrons. The third-order valence-corrected chi connectivity index (χ3v) is 4.11. The highest BCUT2D eigenvalue weighted by Gasteiger charge is 2.11. The quantitative estimate of drug-likeness (QED) is 0.864. The molecule has 0 aliphatic carbocycles. The van der Waals surface area contributed by atoms with Crippen molar-refractivity contribution in [3.05, 3.63) is 70.3 Å². The van der Waals surface area contributed by atoms with Crippen LogP contribution >= 0.6 is 0 Å². The maximum Gasteiger partial charge on any atom is 0.0145 e. The lowest BCUT2D eigenvalue weighted by atomic mass is 9.93. The third-order valence-electron chi connectivity index (χ3n) is 4.11. The first-order chi connectivity index (χ1) is 9.60. The Morgan fingerprint density at radius 3 is 2.00 bits per heavy atom.